The third-order valence-corrected chi connectivity index (χ3v) is 6.35. The van der Waals surface area contributed by atoms with Gasteiger partial charge in [-0.25, -0.2) is 14.4 Å². The van der Waals surface area contributed by atoms with E-state index in [4.69, 9.17) is 9.47 Å². The van der Waals surface area contributed by atoms with E-state index in [1.807, 2.05) is 0 Å². The standard InChI is InChI=1S/C20H24N4O8S/c1-5-31-17(26)15-12-22(18(27)21-16(15)25)13-6-8-14(9-7-13)23-10-11-24(33(23,29)30)19(28)32-20(2,3)4/h6-9,12H,5,10-11H2,1-4H3,(H,21,25,27). The quantitative estimate of drug-likeness (QED) is 0.638. The first kappa shape index (κ1) is 24.0. The van der Waals surface area contributed by atoms with Gasteiger partial charge in [-0.2, -0.15) is 12.7 Å². The molecule has 1 amide bonds. The highest BCUT2D eigenvalue weighted by molar-refractivity contribution is 7.91. The summed E-state index contributed by atoms with van der Waals surface area (Å²) in [7, 11) is -4.15. The van der Waals surface area contributed by atoms with E-state index in [2.05, 4.69) is 4.98 Å². The molecule has 0 unspecified atom stereocenters. The first-order valence-electron chi connectivity index (χ1n) is 10.0. The summed E-state index contributed by atoms with van der Waals surface area (Å²) in [6.45, 7) is 6.48. The molecular formula is C20H24N4O8S. The predicted octanol–water partition coefficient (Wildman–Crippen LogP) is 1.00. The molecule has 3 rings (SSSR count). The molecule has 178 valence electrons. The van der Waals surface area contributed by atoms with Crippen LogP contribution in [-0.4, -0.2) is 59.6 Å². The first-order valence-corrected chi connectivity index (χ1v) is 11.4. The minimum atomic E-state index is -4.15. The molecule has 2 heterocycles. The van der Waals surface area contributed by atoms with Crippen LogP contribution in [0.5, 0.6) is 0 Å². The Kier molecular flexibility index (Phi) is 6.36. The van der Waals surface area contributed by atoms with Crippen molar-refractivity contribution >= 4 is 28.0 Å². The number of hydrogen-bond acceptors (Lipinski definition) is 8. The zero-order chi connectivity index (χ0) is 24.6. The van der Waals surface area contributed by atoms with E-state index >= 15 is 0 Å². The summed E-state index contributed by atoms with van der Waals surface area (Å²) in [5.74, 6) is -0.880. The summed E-state index contributed by atoms with van der Waals surface area (Å²) >= 11 is 0. The highest BCUT2D eigenvalue weighted by atomic mass is 32.2. The Hall–Kier alpha value is -3.61. The van der Waals surface area contributed by atoms with Gasteiger partial charge in [-0.05, 0) is 52.0 Å². The average molecular weight is 480 g/mol. The van der Waals surface area contributed by atoms with Gasteiger partial charge in [-0.3, -0.25) is 18.7 Å². The molecular weight excluding hydrogens is 456 g/mol. The molecule has 1 aliphatic heterocycles. The Morgan fingerprint density at radius 1 is 1.06 bits per heavy atom. The number of hydrogen-bond donors (Lipinski definition) is 1. The van der Waals surface area contributed by atoms with E-state index in [0.29, 0.717) is 4.31 Å². The Morgan fingerprint density at radius 2 is 1.67 bits per heavy atom. The van der Waals surface area contributed by atoms with Crippen LogP contribution >= 0.6 is 0 Å². The van der Waals surface area contributed by atoms with Gasteiger partial charge in [0.1, 0.15) is 11.2 Å². The van der Waals surface area contributed by atoms with Crippen molar-refractivity contribution < 1.29 is 27.5 Å². The molecule has 0 atom stereocenters. The van der Waals surface area contributed by atoms with Gasteiger partial charge in [-0.15, -0.1) is 0 Å². The Morgan fingerprint density at radius 3 is 2.24 bits per heavy atom. The second-order valence-electron chi connectivity index (χ2n) is 8.04. The van der Waals surface area contributed by atoms with Crippen molar-refractivity contribution in [3.8, 4) is 5.69 Å². The molecule has 1 aromatic heterocycles. The van der Waals surface area contributed by atoms with E-state index in [1.165, 1.54) is 24.3 Å². The van der Waals surface area contributed by atoms with E-state index in [-0.39, 0.29) is 36.6 Å². The van der Waals surface area contributed by atoms with Gasteiger partial charge >= 0.3 is 28.0 Å². The normalized spacial score (nSPS) is 15.4. The van der Waals surface area contributed by atoms with Crippen LogP contribution in [0.2, 0.25) is 0 Å². The summed E-state index contributed by atoms with van der Waals surface area (Å²) in [6, 6.07) is 5.76. The topological polar surface area (TPSA) is 148 Å². The third-order valence-electron chi connectivity index (χ3n) is 4.51. The fourth-order valence-electron chi connectivity index (χ4n) is 3.09. The van der Waals surface area contributed by atoms with Crippen LogP contribution in [0, 0.1) is 0 Å². The van der Waals surface area contributed by atoms with Gasteiger partial charge in [0.15, 0.2) is 0 Å². The lowest BCUT2D eigenvalue weighted by atomic mass is 10.2. The maximum atomic E-state index is 12.9. The summed E-state index contributed by atoms with van der Waals surface area (Å²) in [6.07, 6.45) is 0.0956. The molecule has 1 N–H and O–H groups in total. The van der Waals surface area contributed by atoms with Crippen molar-refractivity contribution in [1.82, 2.24) is 13.9 Å². The fourth-order valence-corrected chi connectivity index (χ4v) is 4.57. The maximum absolute atomic E-state index is 12.9. The number of esters is 1. The molecule has 1 aromatic carbocycles. The van der Waals surface area contributed by atoms with Crippen LogP contribution < -0.4 is 15.6 Å². The lowest BCUT2D eigenvalue weighted by Gasteiger charge is -2.24. The number of rotatable bonds is 4. The van der Waals surface area contributed by atoms with Crippen molar-refractivity contribution in [2.75, 3.05) is 24.0 Å². The summed E-state index contributed by atoms with van der Waals surface area (Å²) < 4.78 is 38.4. The fraction of sp³-hybridized carbons (Fsp3) is 0.400. The summed E-state index contributed by atoms with van der Waals surface area (Å²) in [4.78, 5) is 50.5. The molecule has 13 heteroatoms. The molecule has 33 heavy (non-hydrogen) atoms. The monoisotopic (exact) mass is 480 g/mol. The van der Waals surface area contributed by atoms with Crippen molar-refractivity contribution in [1.29, 1.82) is 0 Å². The zero-order valence-corrected chi connectivity index (χ0v) is 19.3. The SMILES string of the molecule is CCOC(=O)c1cn(-c2ccc(N3CCN(C(=O)OC(C)(C)C)S3(=O)=O)cc2)c(=O)[nH]c1=O. The van der Waals surface area contributed by atoms with Crippen molar-refractivity contribution in [3.63, 3.8) is 0 Å². The lowest BCUT2D eigenvalue weighted by molar-refractivity contribution is 0.0404. The number of aromatic nitrogens is 2. The third kappa shape index (κ3) is 4.92. The van der Waals surface area contributed by atoms with E-state index in [0.717, 1.165) is 15.1 Å². The zero-order valence-electron chi connectivity index (χ0n) is 18.5. The molecule has 0 spiro atoms. The number of amides is 1. The minimum absolute atomic E-state index is 0.0204. The molecule has 2 aromatic rings. The Balaban J connectivity index is 1.89. The smallest absolute Gasteiger partial charge is 0.425 e. The van der Waals surface area contributed by atoms with Gasteiger partial charge in [0.05, 0.1) is 31.1 Å². The van der Waals surface area contributed by atoms with Crippen molar-refractivity contribution in [3.05, 3.63) is 56.9 Å². The van der Waals surface area contributed by atoms with Crippen molar-refractivity contribution in [2.24, 2.45) is 0 Å². The van der Waals surface area contributed by atoms with Crippen LogP contribution in [0.15, 0.2) is 40.1 Å². The molecule has 0 saturated carbocycles. The number of ether oxygens (including phenoxy) is 2. The Bertz CT molecular complexity index is 1290. The highest BCUT2D eigenvalue weighted by Crippen LogP contribution is 2.27. The number of nitrogens with one attached hydrogen (secondary N) is 1. The second kappa shape index (κ2) is 8.73. The number of carbonyl (C=O) groups is 2. The average Bonchev–Trinajstić information content (AvgIpc) is 3.02. The minimum Gasteiger partial charge on any atom is -0.462 e. The van der Waals surface area contributed by atoms with Gasteiger partial charge in [0.25, 0.3) is 5.56 Å². The van der Waals surface area contributed by atoms with Crippen LogP contribution in [0.1, 0.15) is 38.1 Å². The van der Waals surface area contributed by atoms with Crippen molar-refractivity contribution in [2.45, 2.75) is 33.3 Å². The molecule has 1 saturated heterocycles. The molecule has 0 bridgehead atoms. The summed E-state index contributed by atoms with van der Waals surface area (Å²) in [5.41, 5.74) is -2.34. The second-order valence-corrected chi connectivity index (χ2v) is 9.82. The van der Waals surface area contributed by atoms with Gasteiger partial charge in [0.2, 0.25) is 0 Å². The van der Waals surface area contributed by atoms with Crippen LogP contribution in [0.4, 0.5) is 10.5 Å². The number of benzene rings is 1. The number of aromatic amines is 1. The first-order chi connectivity index (χ1) is 15.3. The largest absolute Gasteiger partial charge is 0.462 e. The van der Waals surface area contributed by atoms with Crippen LogP contribution in [0.3, 0.4) is 0 Å². The molecule has 1 aliphatic rings. The van der Waals surface area contributed by atoms with Gasteiger partial charge in [0, 0.05) is 6.20 Å². The number of carbonyl (C=O) groups excluding carboxylic acids is 2. The van der Waals surface area contributed by atoms with E-state index in [1.54, 1.807) is 27.7 Å². The van der Waals surface area contributed by atoms with E-state index in [9.17, 15) is 27.6 Å². The molecule has 0 radical (unpaired) electrons. The van der Waals surface area contributed by atoms with Crippen LogP contribution in [-0.2, 0) is 19.7 Å². The number of nitrogens with zero attached hydrogens (tertiary/aromatic N) is 3. The Labute approximate surface area is 189 Å². The van der Waals surface area contributed by atoms with E-state index < -0.39 is 39.1 Å². The lowest BCUT2D eigenvalue weighted by Crippen LogP contribution is -2.40. The molecule has 1 fully saturated rings. The number of H-pyrrole nitrogens is 1. The summed E-state index contributed by atoms with van der Waals surface area (Å²) in [5, 5.41) is 0. The van der Waals surface area contributed by atoms with Gasteiger partial charge < -0.3 is 9.47 Å². The van der Waals surface area contributed by atoms with Crippen LogP contribution in [0.25, 0.3) is 5.69 Å². The van der Waals surface area contributed by atoms with Gasteiger partial charge in [-0.1, -0.05) is 0 Å². The maximum Gasteiger partial charge on any atom is 0.425 e. The number of anilines is 1. The highest BCUT2D eigenvalue weighted by Gasteiger charge is 2.42. The molecule has 12 nitrogen and oxygen atoms in total. The predicted molar refractivity (Wildman–Crippen MR) is 118 cm³/mol. The molecule has 0 aliphatic carbocycles.